The zero-order valence-electron chi connectivity index (χ0n) is 9.19. The third kappa shape index (κ3) is 3.33. The van der Waals surface area contributed by atoms with Crippen molar-refractivity contribution in [2.45, 2.75) is 32.2 Å². The fourth-order valence-corrected chi connectivity index (χ4v) is 1.99. The first-order valence-electron chi connectivity index (χ1n) is 5.23. The van der Waals surface area contributed by atoms with E-state index in [4.69, 9.17) is 11.0 Å². The molecule has 5 heteroatoms. The molecular weight excluding hydrogens is 222 g/mol. The maximum absolute atomic E-state index is 11.6. The lowest BCUT2D eigenvalue weighted by molar-refractivity contribution is -0.117. The molecule has 1 aromatic heterocycles. The van der Waals surface area contributed by atoms with E-state index in [0.717, 1.165) is 12.8 Å². The third-order valence-corrected chi connectivity index (χ3v) is 3.06. The molecule has 16 heavy (non-hydrogen) atoms. The molecule has 1 atom stereocenters. The molecule has 1 amide bonds. The highest BCUT2D eigenvalue weighted by Gasteiger charge is 2.14. The summed E-state index contributed by atoms with van der Waals surface area (Å²) >= 11 is 1.33. The van der Waals surface area contributed by atoms with Crippen LogP contribution in [0, 0.1) is 11.3 Å². The van der Waals surface area contributed by atoms with E-state index in [-0.39, 0.29) is 5.91 Å². The Bertz CT molecular complexity index is 394. The van der Waals surface area contributed by atoms with Gasteiger partial charge in [0.25, 0.3) is 0 Å². The number of nitrogens with zero attached hydrogens (tertiary/aromatic N) is 1. The Kier molecular flexibility index (Phi) is 4.96. The topological polar surface area (TPSA) is 78.9 Å². The summed E-state index contributed by atoms with van der Waals surface area (Å²) in [6.07, 6.45) is 2.63. The minimum absolute atomic E-state index is 0.215. The fraction of sp³-hybridized carbons (Fsp3) is 0.455. The molecule has 1 rings (SSSR count). The van der Waals surface area contributed by atoms with Gasteiger partial charge in [0.1, 0.15) is 11.1 Å². The molecule has 1 aromatic rings. The predicted octanol–water partition coefficient (Wildman–Crippen LogP) is 2.08. The third-order valence-electron chi connectivity index (χ3n) is 2.23. The quantitative estimate of drug-likeness (QED) is 0.822. The average molecular weight is 237 g/mol. The van der Waals surface area contributed by atoms with Gasteiger partial charge in [0, 0.05) is 0 Å². The molecule has 4 nitrogen and oxygen atoms in total. The number of rotatable bonds is 5. The number of unbranched alkanes of at least 4 members (excludes halogenated alkanes) is 1. The lowest BCUT2D eigenvalue weighted by Gasteiger charge is -2.10. The number of nitriles is 1. The number of amides is 1. The minimum Gasteiger partial charge on any atom is -0.320 e. The van der Waals surface area contributed by atoms with Crippen LogP contribution in [0.1, 0.15) is 31.7 Å². The van der Waals surface area contributed by atoms with E-state index < -0.39 is 6.04 Å². The van der Waals surface area contributed by atoms with E-state index in [1.807, 2.05) is 6.07 Å². The summed E-state index contributed by atoms with van der Waals surface area (Å²) < 4.78 is 0. The molecule has 0 aliphatic rings. The standard InChI is InChI=1S/C11H15N3OS/c1-2-3-4-9(13)10(15)14-11-8(7-12)5-6-16-11/h5-6,9H,2-4,13H2,1H3,(H,14,15)/t9-/m0/s1. The first-order valence-corrected chi connectivity index (χ1v) is 6.11. The number of hydrogen-bond donors (Lipinski definition) is 2. The van der Waals surface area contributed by atoms with E-state index >= 15 is 0 Å². The van der Waals surface area contributed by atoms with Crippen LogP contribution in [0.25, 0.3) is 0 Å². The minimum atomic E-state index is -0.492. The van der Waals surface area contributed by atoms with Crippen LogP contribution in [0.5, 0.6) is 0 Å². The fourth-order valence-electron chi connectivity index (χ4n) is 1.25. The monoisotopic (exact) mass is 237 g/mol. The molecule has 0 spiro atoms. The van der Waals surface area contributed by atoms with E-state index in [1.165, 1.54) is 11.3 Å². The molecule has 1 heterocycles. The van der Waals surface area contributed by atoms with Crippen LogP contribution < -0.4 is 11.1 Å². The van der Waals surface area contributed by atoms with Gasteiger partial charge in [-0.3, -0.25) is 4.79 Å². The average Bonchev–Trinajstić information content (AvgIpc) is 2.72. The molecule has 3 N–H and O–H groups in total. The zero-order chi connectivity index (χ0) is 12.0. The van der Waals surface area contributed by atoms with Crippen molar-refractivity contribution >= 4 is 22.2 Å². The number of nitrogens with two attached hydrogens (primary N) is 1. The smallest absolute Gasteiger partial charge is 0.241 e. The highest BCUT2D eigenvalue weighted by Crippen LogP contribution is 2.22. The van der Waals surface area contributed by atoms with E-state index in [0.29, 0.717) is 17.0 Å². The molecular formula is C11H15N3OS. The summed E-state index contributed by atoms with van der Waals surface area (Å²) in [6, 6.07) is 3.20. The van der Waals surface area contributed by atoms with Gasteiger partial charge in [-0.15, -0.1) is 11.3 Å². The molecule has 0 aliphatic carbocycles. The molecule has 0 bridgehead atoms. The highest BCUT2D eigenvalue weighted by molar-refractivity contribution is 7.14. The van der Waals surface area contributed by atoms with Crippen LogP contribution in [-0.4, -0.2) is 11.9 Å². The Hall–Kier alpha value is -1.38. The van der Waals surface area contributed by atoms with Gasteiger partial charge in [0.2, 0.25) is 5.91 Å². The van der Waals surface area contributed by atoms with Crippen molar-refractivity contribution in [2.75, 3.05) is 5.32 Å². The molecule has 86 valence electrons. The van der Waals surface area contributed by atoms with Crippen molar-refractivity contribution in [3.8, 4) is 6.07 Å². The number of nitrogens with one attached hydrogen (secondary N) is 1. The van der Waals surface area contributed by atoms with Crippen molar-refractivity contribution in [1.82, 2.24) is 0 Å². The second-order valence-corrected chi connectivity index (χ2v) is 4.43. The van der Waals surface area contributed by atoms with Crippen LogP contribution in [-0.2, 0) is 4.79 Å². The molecule has 0 fully saturated rings. The summed E-state index contributed by atoms with van der Waals surface area (Å²) in [5.41, 5.74) is 6.21. The SMILES string of the molecule is CCCC[C@H](N)C(=O)Nc1sccc1C#N. The van der Waals surface area contributed by atoms with Crippen LogP contribution in [0.4, 0.5) is 5.00 Å². The Labute approximate surface area is 99.1 Å². The van der Waals surface area contributed by atoms with Crippen molar-refractivity contribution in [3.05, 3.63) is 17.0 Å². The van der Waals surface area contributed by atoms with Gasteiger partial charge in [-0.2, -0.15) is 5.26 Å². The van der Waals surface area contributed by atoms with Gasteiger partial charge in [0.15, 0.2) is 0 Å². The van der Waals surface area contributed by atoms with Crippen LogP contribution >= 0.6 is 11.3 Å². The number of carbonyl (C=O) groups is 1. The van der Waals surface area contributed by atoms with Gasteiger partial charge in [-0.25, -0.2) is 0 Å². The Morgan fingerprint density at radius 2 is 2.50 bits per heavy atom. The molecule has 0 saturated heterocycles. The van der Waals surface area contributed by atoms with E-state index in [2.05, 4.69) is 12.2 Å². The summed E-state index contributed by atoms with van der Waals surface area (Å²) in [5.74, 6) is -0.215. The number of thiophene rings is 1. The van der Waals surface area contributed by atoms with Crippen molar-refractivity contribution in [3.63, 3.8) is 0 Å². The van der Waals surface area contributed by atoms with Crippen molar-refractivity contribution < 1.29 is 4.79 Å². The zero-order valence-corrected chi connectivity index (χ0v) is 10.0. The Morgan fingerprint density at radius 1 is 1.75 bits per heavy atom. The first-order chi connectivity index (χ1) is 7.69. The maximum atomic E-state index is 11.6. The maximum Gasteiger partial charge on any atom is 0.241 e. The number of hydrogen-bond acceptors (Lipinski definition) is 4. The van der Waals surface area contributed by atoms with Crippen LogP contribution in [0.2, 0.25) is 0 Å². The van der Waals surface area contributed by atoms with Crippen LogP contribution in [0.3, 0.4) is 0 Å². The second kappa shape index (κ2) is 6.26. The van der Waals surface area contributed by atoms with Gasteiger partial charge < -0.3 is 11.1 Å². The predicted molar refractivity (Wildman–Crippen MR) is 65.2 cm³/mol. The lowest BCUT2D eigenvalue weighted by atomic mass is 10.1. The number of carbonyl (C=O) groups excluding carboxylic acids is 1. The summed E-state index contributed by atoms with van der Waals surface area (Å²) in [5, 5.41) is 13.8. The van der Waals surface area contributed by atoms with E-state index in [9.17, 15) is 4.79 Å². The molecule has 0 aliphatic heterocycles. The normalized spacial score (nSPS) is 11.8. The summed E-state index contributed by atoms with van der Waals surface area (Å²) in [6.45, 7) is 2.05. The second-order valence-electron chi connectivity index (χ2n) is 3.51. The first kappa shape index (κ1) is 12.7. The molecule has 0 radical (unpaired) electrons. The van der Waals surface area contributed by atoms with Gasteiger partial charge >= 0.3 is 0 Å². The van der Waals surface area contributed by atoms with E-state index in [1.54, 1.807) is 11.4 Å². The summed E-state index contributed by atoms with van der Waals surface area (Å²) in [4.78, 5) is 11.6. The van der Waals surface area contributed by atoms with Gasteiger partial charge in [-0.05, 0) is 17.9 Å². The van der Waals surface area contributed by atoms with Gasteiger partial charge in [0.05, 0.1) is 11.6 Å². The van der Waals surface area contributed by atoms with Crippen molar-refractivity contribution in [1.29, 1.82) is 5.26 Å². The van der Waals surface area contributed by atoms with Crippen molar-refractivity contribution in [2.24, 2.45) is 5.73 Å². The summed E-state index contributed by atoms with van der Waals surface area (Å²) in [7, 11) is 0. The van der Waals surface area contributed by atoms with Gasteiger partial charge in [-0.1, -0.05) is 19.8 Å². The Morgan fingerprint density at radius 3 is 3.12 bits per heavy atom. The molecule has 0 saturated carbocycles. The lowest BCUT2D eigenvalue weighted by Crippen LogP contribution is -2.35. The Balaban J connectivity index is 2.54. The molecule has 0 unspecified atom stereocenters. The molecule has 0 aromatic carbocycles. The number of anilines is 1. The van der Waals surface area contributed by atoms with Crippen LogP contribution in [0.15, 0.2) is 11.4 Å². The highest BCUT2D eigenvalue weighted by atomic mass is 32.1. The largest absolute Gasteiger partial charge is 0.320 e.